The third-order valence-electron chi connectivity index (χ3n) is 0.646. The zero-order chi connectivity index (χ0) is 10.9. The molecule has 0 unspecified atom stereocenters. The summed E-state index contributed by atoms with van der Waals surface area (Å²) in [6, 6.07) is -0.945. The van der Waals surface area contributed by atoms with Crippen molar-refractivity contribution in [2.75, 3.05) is 7.06 Å². The van der Waals surface area contributed by atoms with Gasteiger partial charge in [-0.1, -0.05) is 6.04 Å². The first-order valence-corrected chi connectivity index (χ1v) is 2.87. The number of hydrogen-bond acceptors (Lipinski definition) is 2. The molecule has 0 radical (unpaired) electrons. The van der Waals surface area contributed by atoms with Gasteiger partial charge in [-0.3, -0.25) is 0 Å². The molecule has 1 aromatic heterocycles. The number of halogens is 1. The van der Waals surface area contributed by atoms with Crippen molar-refractivity contribution in [3.63, 3.8) is 0 Å². The fraction of sp³-hybridized carbons (Fsp3) is 0.167. The predicted octanol–water partition coefficient (Wildman–Crippen LogP) is 1.85. The van der Waals surface area contributed by atoms with Crippen molar-refractivity contribution in [1.82, 2.24) is 4.98 Å². The Hall–Kier alpha value is -0.570. The minimum absolute atomic E-state index is 0.0640. The van der Waals surface area contributed by atoms with Gasteiger partial charge in [-0.2, -0.15) is 0 Å². The lowest BCUT2D eigenvalue weighted by Gasteiger charge is -1.95. The Morgan fingerprint density at radius 1 is 1.89 bits per heavy atom. The molecule has 9 heavy (non-hydrogen) atoms. The van der Waals surface area contributed by atoms with Crippen LogP contribution in [0.5, 0.6) is 5.88 Å². The summed E-state index contributed by atoms with van der Waals surface area (Å²) in [6.45, 7) is 0. The monoisotopic (exact) mass is 192 g/mol. The van der Waals surface area contributed by atoms with Crippen LogP contribution in [0.1, 0.15) is 6.85 Å². The van der Waals surface area contributed by atoms with E-state index in [1.54, 1.807) is 0 Å². The summed E-state index contributed by atoms with van der Waals surface area (Å²) in [5.74, 6) is -0.284. The van der Waals surface area contributed by atoms with Crippen LogP contribution in [-0.2, 0) is 0 Å². The first-order chi connectivity index (χ1) is 6.43. The molecule has 0 aliphatic heterocycles. The number of nitrogens with zero attached hydrogens (tertiary/aromatic N) is 1. The summed E-state index contributed by atoms with van der Waals surface area (Å²) in [7, 11) is -1.60. The van der Waals surface area contributed by atoms with Gasteiger partial charge in [0.2, 0.25) is 5.88 Å². The second-order valence-electron chi connectivity index (χ2n) is 1.20. The van der Waals surface area contributed by atoms with Gasteiger partial charge in [-0.15, -0.1) is 0 Å². The smallest absolute Gasteiger partial charge is 0.213 e. The zero-order valence-corrected chi connectivity index (χ0v) is 5.90. The number of hydrogen-bond donors (Lipinski definition) is 0. The van der Waals surface area contributed by atoms with Gasteiger partial charge in [0, 0.05) is 6.04 Å². The van der Waals surface area contributed by atoms with Gasteiger partial charge in [-0.25, -0.2) is 4.98 Å². The Morgan fingerprint density at radius 2 is 2.78 bits per heavy atom. The summed E-state index contributed by atoms with van der Waals surface area (Å²) in [4.78, 5) is 3.63. The molecule has 0 aromatic carbocycles. The molecule has 0 N–H and O–H groups in total. The van der Waals surface area contributed by atoms with Crippen LogP contribution in [0.25, 0.3) is 0 Å². The van der Waals surface area contributed by atoms with E-state index in [0.29, 0.717) is 0 Å². The van der Waals surface area contributed by atoms with Crippen LogP contribution >= 0.6 is 15.9 Å². The zero-order valence-electron chi connectivity index (χ0n) is 9.31. The molecule has 1 aromatic rings. The van der Waals surface area contributed by atoms with Crippen LogP contribution in [0, 0.1) is 0 Å². The lowest BCUT2D eigenvalue weighted by atomic mass is 10.5. The Morgan fingerprint density at radius 3 is 3.56 bits per heavy atom. The average Bonchev–Trinajstić information content (AvgIpc) is 2.10. The highest BCUT2D eigenvalue weighted by molar-refractivity contribution is 9.10. The van der Waals surface area contributed by atoms with Gasteiger partial charge < -0.3 is 4.74 Å². The van der Waals surface area contributed by atoms with E-state index in [0.717, 1.165) is 0 Å². The molecule has 48 valence electrons. The largest absolute Gasteiger partial charge is 0.481 e. The number of aromatic nitrogens is 1. The summed E-state index contributed by atoms with van der Waals surface area (Å²) in [5, 5.41) is 0. The molecule has 0 saturated heterocycles. The molecule has 3 heteroatoms. The van der Waals surface area contributed by atoms with E-state index in [2.05, 4.69) is 25.7 Å². The first-order valence-electron chi connectivity index (χ1n) is 4.73. The van der Waals surface area contributed by atoms with Crippen molar-refractivity contribution in [2.45, 2.75) is 0 Å². The highest BCUT2D eigenvalue weighted by Gasteiger charge is 1.89. The quantitative estimate of drug-likeness (QED) is 0.635. The number of rotatable bonds is 1. The maximum atomic E-state index is 7.34. The second-order valence-corrected chi connectivity index (χ2v) is 1.95. The van der Waals surface area contributed by atoms with Crippen molar-refractivity contribution < 1.29 is 11.6 Å². The minimum Gasteiger partial charge on any atom is -0.481 e. The minimum atomic E-state index is -1.60. The summed E-state index contributed by atoms with van der Waals surface area (Å²) >= 11 is 2.92. The highest BCUT2D eigenvalue weighted by atomic mass is 79.9. The van der Waals surface area contributed by atoms with Crippen LogP contribution in [0.15, 0.2) is 22.7 Å². The molecule has 0 bridgehead atoms. The molecular weight excluding hydrogens is 182 g/mol. The summed E-state index contributed by atoms with van der Waals surface area (Å²) < 4.78 is 40.2. The standard InChI is InChI=1S/C6H6BrNO/c1-9-6-4-2-3-5(7)8-6/h2-4H,1H3/i1D2,2D,3D,4D. The summed E-state index contributed by atoms with van der Waals surface area (Å²) in [5.41, 5.74) is 0. The van der Waals surface area contributed by atoms with Crippen molar-refractivity contribution in [2.24, 2.45) is 0 Å². The van der Waals surface area contributed by atoms with Gasteiger partial charge in [0.25, 0.3) is 0 Å². The van der Waals surface area contributed by atoms with E-state index in [9.17, 15) is 0 Å². The molecule has 0 saturated carbocycles. The van der Waals surface area contributed by atoms with Gasteiger partial charge in [0.1, 0.15) is 4.60 Å². The van der Waals surface area contributed by atoms with E-state index in [4.69, 9.17) is 6.85 Å². The molecule has 1 heterocycles. The van der Waals surface area contributed by atoms with E-state index >= 15 is 0 Å². The van der Waals surface area contributed by atoms with E-state index < -0.39 is 7.06 Å². The van der Waals surface area contributed by atoms with Crippen LogP contribution < -0.4 is 4.74 Å². The molecule has 0 spiro atoms. The Balaban J connectivity index is 3.19. The van der Waals surface area contributed by atoms with Crippen molar-refractivity contribution in [3.8, 4) is 5.88 Å². The second kappa shape index (κ2) is 2.82. The highest BCUT2D eigenvalue weighted by Crippen LogP contribution is 2.10. The Bertz CT molecular complexity index is 359. The normalized spacial score (nSPS) is 17.3. The van der Waals surface area contributed by atoms with Gasteiger partial charge >= 0.3 is 0 Å². The Kier molecular flexibility index (Phi) is 0.810. The molecule has 0 amide bonds. The lowest BCUT2D eigenvalue weighted by molar-refractivity contribution is 0.397. The Labute approximate surface area is 69.0 Å². The first kappa shape index (κ1) is 2.58. The maximum Gasteiger partial charge on any atom is 0.213 e. The molecule has 0 aliphatic rings. The molecule has 0 fully saturated rings. The predicted molar refractivity (Wildman–Crippen MR) is 38.5 cm³/mol. The summed E-state index contributed by atoms with van der Waals surface area (Å²) in [6.07, 6.45) is 0. The number of ether oxygens (including phenoxy) is 1. The molecule has 0 aliphatic carbocycles. The van der Waals surface area contributed by atoms with Crippen molar-refractivity contribution in [3.05, 3.63) is 22.7 Å². The van der Waals surface area contributed by atoms with Crippen LogP contribution in [-0.4, -0.2) is 12.0 Å². The average molecular weight is 193 g/mol. The number of methoxy groups -OCH3 is 1. The third kappa shape index (κ3) is 1.68. The fourth-order valence-electron chi connectivity index (χ4n) is 0.337. The topological polar surface area (TPSA) is 22.1 Å². The molecule has 0 atom stereocenters. The molecule has 1 rings (SSSR count). The van der Waals surface area contributed by atoms with Crippen LogP contribution in [0.2, 0.25) is 0 Å². The molecular formula is C6H6BrNO. The van der Waals surface area contributed by atoms with Gasteiger partial charge in [-0.05, 0) is 22.0 Å². The van der Waals surface area contributed by atoms with E-state index in [1.807, 2.05) is 0 Å². The number of pyridine rings is 1. The van der Waals surface area contributed by atoms with E-state index in [-0.39, 0.29) is 28.6 Å². The SMILES string of the molecule is [2H]c1c(Br)nc(OC([2H])[2H])c([2H])c1[2H]. The molecule has 2 nitrogen and oxygen atoms in total. The fourth-order valence-corrected chi connectivity index (χ4v) is 0.597. The van der Waals surface area contributed by atoms with Gasteiger partial charge in [0.05, 0.1) is 13.9 Å². The van der Waals surface area contributed by atoms with Gasteiger partial charge in [0.15, 0.2) is 0 Å². The maximum absolute atomic E-state index is 7.34. The van der Waals surface area contributed by atoms with Crippen LogP contribution in [0.4, 0.5) is 0 Å². The van der Waals surface area contributed by atoms with Crippen LogP contribution in [0.3, 0.4) is 0 Å². The third-order valence-corrected chi connectivity index (χ3v) is 1.02. The van der Waals surface area contributed by atoms with E-state index in [1.165, 1.54) is 0 Å². The van der Waals surface area contributed by atoms with Crippen molar-refractivity contribution >= 4 is 15.9 Å². The lowest BCUT2D eigenvalue weighted by Crippen LogP contribution is -1.85. The van der Waals surface area contributed by atoms with Crippen molar-refractivity contribution in [1.29, 1.82) is 0 Å².